The highest BCUT2D eigenvalue weighted by Gasteiger charge is 2.43. The fourth-order valence-electron chi connectivity index (χ4n) is 3.99. The van der Waals surface area contributed by atoms with Gasteiger partial charge >= 0.3 is 12.1 Å². The Labute approximate surface area is 172 Å². The Morgan fingerprint density at radius 1 is 1.21 bits per heavy atom. The van der Waals surface area contributed by atoms with Gasteiger partial charge < -0.3 is 23.5 Å². The molecule has 1 aromatic carbocycles. The number of amides is 1. The van der Waals surface area contributed by atoms with Crippen LogP contribution in [-0.4, -0.2) is 48.2 Å². The third kappa shape index (κ3) is 4.48. The number of carbonyl (C=O) groups is 2. The van der Waals surface area contributed by atoms with Crippen LogP contribution in [0.1, 0.15) is 29.2 Å². The average molecular weight is 421 g/mol. The Kier molecular flexibility index (Phi) is 5.62. The molecular formula is C20H21ClN2O6. The molecule has 1 aromatic heterocycles. The standard InChI is InChI=1S/C20H21ClN2O6/c1-26-19(24)17-10-27-18(22-17)11-28-20(25)23-8-12-6-16(7-13(12)9-23)29-15-4-2-14(21)3-5-15/h2-5,10,12-13,16H,6-9,11H2,1H3/t12-,13+,16-. The smallest absolute Gasteiger partial charge is 0.410 e. The van der Waals surface area contributed by atoms with Crippen molar-refractivity contribution in [2.45, 2.75) is 25.6 Å². The maximum Gasteiger partial charge on any atom is 0.410 e. The van der Waals surface area contributed by atoms with Crippen LogP contribution in [0, 0.1) is 11.8 Å². The average Bonchev–Trinajstić information content (AvgIpc) is 3.42. The molecule has 4 rings (SSSR count). The minimum atomic E-state index is -0.603. The summed E-state index contributed by atoms with van der Waals surface area (Å²) in [5.74, 6) is 1.15. The number of aromatic nitrogens is 1. The summed E-state index contributed by atoms with van der Waals surface area (Å²) in [5.41, 5.74) is 0.0426. The molecule has 1 saturated carbocycles. The molecule has 0 radical (unpaired) electrons. The molecule has 3 atom stereocenters. The van der Waals surface area contributed by atoms with E-state index in [9.17, 15) is 9.59 Å². The lowest BCUT2D eigenvalue weighted by Crippen LogP contribution is -2.31. The normalized spacial score (nSPS) is 23.0. The van der Waals surface area contributed by atoms with Gasteiger partial charge in [-0.2, -0.15) is 0 Å². The predicted molar refractivity (Wildman–Crippen MR) is 102 cm³/mol. The van der Waals surface area contributed by atoms with Gasteiger partial charge in [0, 0.05) is 18.1 Å². The van der Waals surface area contributed by atoms with Crippen molar-refractivity contribution in [3.8, 4) is 5.75 Å². The lowest BCUT2D eigenvalue weighted by Gasteiger charge is -2.19. The molecule has 0 bridgehead atoms. The summed E-state index contributed by atoms with van der Waals surface area (Å²) in [6.07, 6.45) is 2.72. The second kappa shape index (κ2) is 8.32. The maximum atomic E-state index is 12.3. The van der Waals surface area contributed by atoms with Crippen molar-refractivity contribution in [3.63, 3.8) is 0 Å². The molecule has 1 saturated heterocycles. The van der Waals surface area contributed by atoms with Crippen molar-refractivity contribution in [1.82, 2.24) is 9.88 Å². The first-order valence-corrected chi connectivity index (χ1v) is 9.76. The number of carbonyl (C=O) groups excluding carboxylic acids is 2. The number of rotatable bonds is 5. The zero-order valence-corrected chi connectivity index (χ0v) is 16.6. The Balaban J connectivity index is 1.23. The van der Waals surface area contributed by atoms with Crippen LogP contribution in [-0.2, 0) is 16.1 Å². The number of halogens is 1. The molecule has 2 aliphatic rings. The fraction of sp³-hybridized carbons (Fsp3) is 0.450. The Morgan fingerprint density at radius 2 is 1.90 bits per heavy atom. The van der Waals surface area contributed by atoms with E-state index in [1.807, 2.05) is 24.3 Å². The van der Waals surface area contributed by atoms with Crippen molar-refractivity contribution in [2.75, 3.05) is 20.2 Å². The molecular weight excluding hydrogens is 400 g/mol. The van der Waals surface area contributed by atoms with Gasteiger partial charge in [-0.3, -0.25) is 0 Å². The van der Waals surface area contributed by atoms with Crippen molar-refractivity contribution >= 4 is 23.7 Å². The molecule has 0 N–H and O–H groups in total. The zero-order chi connectivity index (χ0) is 20.4. The van der Waals surface area contributed by atoms with Gasteiger partial charge in [0.2, 0.25) is 5.89 Å². The highest BCUT2D eigenvalue weighted by Crippen LogP contribution is 2.40. The highest BCUT2D eigenvalue weighted by atomic mass is 35.5. The van der Waals surface area contributed by atoms with Gasteiger partial charge in [0.15, 0.2) is 12.3 Å². The molecule has 9 heteroatoms. The summed E-state index contributed by atoms with van der Waals surface area (Å²) in [4.78, 5) is 29.4. The number of likely N-dealkylation sites (tertiary alicyclic amines) is 1. The largest absolute Gasteiger partial charge is 0.490 e. The number of hydrogen-bond donors (Lipinski definition) is 0. The molecule has 0 spiro atoms. The van der Waals surface area contributed by atoms with Crippen molar-refractivity contribution in [1.29, 1.82) is 0 Å². The maximum absolute atomic E-state index is 12.3. The van der Waals surface area contributed by atoms with Crippen LogP contribution in [0.25, 0.3) is 0 Å². The van der Waals surface area contributed by atoms with E-state index in [1.54, 1.807) is 4.90 Å². The van der Waals surface area contributed by atoms with Crippen molar-refractivity contribution < 1.29 is 28.2 Å². The van der Waals surface area contributed by atoms with E-state index in [0.29, 0.717) is 29.9 Å². The van der Waals surface area contributed by atoms with Crippen LogP contribution < -0.4 is 4.74 Å². The van der Waals surface area contributed by atoms with Crippen LogP contribution >= 0.6 is 11.6 Å². The number of esters is 1. The number of oxazole rings is 1. The van der Waals surface area contributed by atoms with Crippen LogP contribution in [0.2, 0.25) is 5.02 Å². The summed E-state index contributed by atoms with van der Waals surface area (Å²) >= 11 is 5.90. The van der Waals surface area contributed by atoms with Crippen LogP contribution in [0.15, 0.2) is 34.9 Å². The summed E-state index contributed by atoms with van der Waals surface area (Å²) in [7, 11) is 1.26. The summed E-state index contributed by atoms with van der Waals surface area (Å²) < 4.78 is 21.0. The van der Waals surface area contributed by atoms with Crippen LogP contribution in [0.4, 0.5) is 4.79 Å². The minimum absolute atomic E-state index is 0.0426. The predicted octanol–water partition coefficient (Wildman–Crippen LogP) is 3.54. The quantitative estimate of drug-likeness (QED) is 0.683. The summed E-state index contributed by atoms with van der Waals surface area (Å²) in [6.45, 7) is 1.15. The number of benzene rings is 1. The number of nitrogens with zero attached hydrogens (tertiary/aromatic N) is 2. The summed E-state index contributed by atoms with van der Waals surface area (Å²) in [5, 5.41) is 0.682. The Bertz CT molecular complexity index is 869. The summed E-state index contributed by atoms with van der Waals surface area (Å²) in [6, 6.07) is 7.36. The Morgan fingerprint density at radius 3 is 2.55 bits per heavy atom. The topological polar surface area (TPSA) is 91.1 Å². The van der Waals surface area contributed by atoms with E-state index in [2.05, 4.69) is 9.72 Å². The number of ether oxygens (including phenoxy) is 3. The molecule has 1 aliphatic heterocycles. The van der Waals surface area contributed by atoms with Gasteiger partial charge in [-0.1, -0.05) is 11.6 Å². The monoisotopic (exact) mass is 420 g/mol. The van der Waals surface area contributed by atoms with Gasteiger partial charge in [0.1, 0.15) is 12.0 Å². The third-order valence-corrected chi connectivity index (χ3v) is 5.60. The SMILES string of the molecule is COC(=O)c1coc(COC(=O)N2C[C@H]3C[C@@H](Oc4ccc(Cl)cc4)C[C@H]3C2)n1. The molecule has 2 heterocycles. The van der Waals surface area contributed by atoms with E-state index >= 15 is 0 Å². The Hall–Kier alpha value is -2.74. The fourth-order valence-corrected chi connectivity index (χ4v) is 4.11. The molecule has 0 unspecified atom stereocenters. The second-order valence-electron chi connectivity index (χ2n) is 7.26. The van der Waals surface area contributed by atoms with Gasteiger partial charge in [-0.15, -0.1) is 0 Å². The van der Waals surface area contributed by atoms with E-state index < -0.39 is 12.1 Å². The van der Waals surface area contributed by atoms with Crippen LogP contribution in [0.5, 0.6) is 5.75 Å². The third-order valence-electron chi connectivity index (χ3n) is 5.35. The lowest BCUT2D eigenvalue weighted by atomic mass is 10.0. The minimum Gasteiger partial charge on any atom is -0.490 e. The molecule has 1 aliphatic carbocycles. The van der Waals surface area contributed by atoms with Gasteiger partial charge in [0.05, 0.1) is 13.2 Å². The van der Waals surface area contributed by atoms with Gasteiger partial charge in [0.25, 0.3) is 0 Å². The van der Waals surface area contributed by atoms with Crippen molar-refractivity contribution in [2.24, 2.45) is 11.8 Å². The van der Waals surface area contributed by atoms with E-state index in [1.165, 1.54) is 13.4 Å². The zero-order valence-electron chi connectivity index (χ0n) is 15.9. The highest BCUT2D eigenvalue weighted by molar-refractivity contribution is 6.30. The van der Waals surface area contributed by atoms with E-state index in [4.69, 9.17) is 25.5 Å². The molecule has 1 amide bonds. The molecule has 2 fully saturated rings. The van der Waals surface area contributed by atoms with Crippen molar-refractivity contribution in [3.05, 3.63) is 47.1 Å². The van der Waals surface area contributed by atoms with Gasteiger partial charge in [-0.05, 0) is 48.9 Å². The lowest BCUT2D eigenvalue weighted by molar-refractivity contribution is 0.0594. The van der Waals surface area contributed by atoms with E-state index in [-0.39, 0.29) is 24.3 Å². The van der Waals surface area contributed by atoms with Gasteiger partial charge in [-0.25, -0.2) is 14.6 Å². The number of methoxy groups -OCH3 is 1. The number of hydrogen-bond acceptors (Lipinski definition) is 7. The molecule has 154 valence electrons. The first-order chi connectivity index (χ1) is 14.0. The first-order valence-electron chi connectivity index (χ1n) is 9.38. The molecule has 2 aromatic rings. The number of fused-ring (bicyclic) bond motifs is 1. The van der Waals surface area contributed by atoms with E-state index in [0.717, 1.165) is 18.6 Å². The second-order valence-corrected chi connectivity index (χ2v) is 7.70. The first kappa shape index (κ1) is 19.6. The van der Waals surface area contributed by atoms with Crippen LogP contribution in [0.3, 0.4) is 0 Å². The molecule has 29 heavy (non-hydrogen) atoms. The molecule has 8 nitrogen and oxygen atoms in total.